The minimum atomic E-state index is -0.0837. The first-order valence-corrected chi connectivity index (χ1v) is 9.76. The molecule has 1 saturated heterocycles. The fourth-order valence-corrected chi connectivity index (χ4v) is 3.90. The summed E-state index contributed by atoms with van der Waals surface area (Å²) in [6.07, 6.45) is 1.18. The number of hydrogen-bond donors (Lipinski definition) is 0. The normalized spacial score (nSPS) is 15.9. The van der Waals surface area contributed by atoms with Crippen molar-refractivity contribution in [3.63, 3.8) is 0 Å². The standard InChI is InChI=1S/C22H25ClN2O2/c1-17(26)24-12-7-13-25(15-14-24)22(27)16-20(18-8-3-2-4-9-18)19-10-5-6-11-21(19)23/h2-6,8-11,20H,7,12-16H2,1H3. The average Bonchev–Trinajstić information content (AvgIpc) is 2.94. The van der Waals surface area contributed by atoms with E-state index >= 15 is 0 Å². The van der Waals surface area contributed by atoms with E-state index in [-0.39, 0.29) is 17.7 Å². The van der Waals surface area contributed by atoms with Crippen LogP contribution >= 0.6 is 11.6 Å². The number of benzene rings is 2. The van der Waals surface area contributed by atoms with Crippen LogP contribution in [0.25, 0.3) is 0 Å². The molecule has 1 aliphatic rings. The van der Waals surface area contributed by atoms with Gasteiger partial charge in [0.1, 0.15) is 0 Å². The molecule has 0 saturated carbocycles. The predicted molar refractivity (Wildman–Crippen MR) is 108 cm³/mol. The molecule has 142 valence electrons. The number of hydrogen-bond acceptors (Lipinski definition) is 2. The highest BCUT2D eigenvalue weighted by Gasteiger charge is 2.25. The molecule has 0 spiro atoms. The lowest BCUT2D eigenvalue weighted by Gasteiger charge is -2.25. The van der Waals surface area contributed by atoms with Crippen molar-refractivity contribution in [2.24, 2.45) is 0 Å². The van der Waals surface area contributed by atoms with Crippen LogP contribution in [0.5, 0.6) is 0 Å². The van der Waals surface area contributed by atoms with Crippen LogP contribution in [0.2, 0.25) is 5.02 Å². The van der Waals surface area contributed by atoms with Gasteiger partial charge in [-0.25, -0.2) is 0 Å². The fraction of sp³-hybridized carbons (Fsp3) is 0.364. The Morgan fingerprint density at radius 2 is 1.56 bits per heavy atom. The molecule has 4 nitrogen and oxygen atoms in total. The third-order valence-electron chi connectivity index (χ3n) is 5.16. The first-order valence-electron chi connectivity index (χ1n) is 9.39. The van der Waals surface area contributed by atoms with Crippen molar-refractivity contribution in [1.29, 1.82) is 0 Å². The van der Waals surface area contributed by atoms with Gasteiger partial charge in [-0.3, -0.25) is 9.59 Å². The lowest BCUT2D eigenvalue weighted by atomic mass is 9.88. The molecule has 5 heteroatoms. The van der Waals surface area contributed by atoms with Crippen LogP contribution in [-0.4, -0.2) is 47.8 Å². The summed E-state index contributed by atoms with van der Waals surface area (Å²) in [5, 5.41) is 0.678. The van der Waals surface area contributed by atoms with E-state index in [1.165, 1.54) is 0 Å². The second kappa shape index (κ2) is 9.05. The quantitative estimate of drug-likeness (QED) is 0.801. The van der Waals surface area contributed by atoms with Crippen LogP contribution in [0.4, 0.5) is 0 Å². The predicted octanol–water partition coefficient (Wildman–Crippen LogP) is 3.94. The SMILES string of the molecule is CC(=O)N1CCCN(C(=O)CC(c2ccccc2)c2ccccc2Cl)CC1. The molecule has 0 N–H and O–H groups in total. The van der Waals surface area contributed by atoms with E-state index in [9.17, 15) is 9.59 Å². The Morgan fingerprint density at radius 1 is 0.926 bits per heavy atom. The zero-order valence-corrected chi connectivity index (χ0v) is 16.4. The summed E-state index contributed by atoms with van der Waals surface area (Å²) in [4.78, 5) is 28.4. The largest absolute Gasteiger partial charge is 0.341 e. The van der Waals surface area contributed by atoms with Crippen LogP contribution in [-0.2, 0) is 9.59 Å². The summed E-state index contributed by atoms with van der Waals surface area (Å²) < 4.78 is 0. The zero-order chi connectivity index (χ0) is 19.2. The van der Waals surface area contributed by atoms with Gasteiger partial charge in [-0.1, -0.05) is 60.1 Å². The van der Waals surface area contributed by atoms with Crippen LogP contribution < -0.4 is 0 Å². The molecule has 0 aromatic heterocycles. The number of halogens is 1. The Morgan fingerprint density at radius 3 is 2.26 bits per heavy atom. The zero-order valence-electron chi connectivity index (χ0n) is 15.6. The molecule has 2 aromatic carbocycles. The maximum Gasteiger partial charge on any atom is 0.223 e. The third kappa shape index (κ3) is 4.89. The van der Waals surface area contributed by atoms with Gasteiger partial charge < -0.3 is 9.80 Å². The summed E-state index contributed by atoms with van der Waals surface area (Å²) in [5.41, 5.74) is 2.05. The number of carbonyl (C=O) groups is 2. The first kappa shape index (κ1) is 19.4. The summed E-state index contributed by atoms with van der Waals surface area (Å²) in [6.45, 7) is 4.17. The highest BCUT2D eigenvalue weighted by molar-refractivity contribution is 6.31. The van der Waals surface area contributed by atoms with Crippen LogP contribution in [0.1, 0.15) is 36.8 Å². The van der Waals surface area contributed by atoms with Crippen molar-refractivity contribution in [2.75, 3.05) is 26.2 Å². The Labute approximate surface area is 165 Å². The van der Waals surface area contributed by atoms with E-state index in [1.807, 2.05) is 64.4 Å². The van der Waals surface area contributed by atoms with Gasteiger partial charge in [-0.15, -0.1) is 0 Å². The van der Waals surface area contributed by atoms with Crippen LogP contribution in [0, 0.1) is 0 Å². The molecular formula is C22H25ClN2O2. The van der Waals surface area contributed by atoms with Crippen molar-refractivity contribution in [1.82, 2.24) is 9.80 Å². The third-order valence-corrected chi connectivity index (χ3v) is 5.50. The maximum absolute atomic E-state index is 13.1. The monoisotopic (exact) mass is 384 g/mol. The van der Waals surface area contributed by atoms with Gasteiger partial charge in [0.2, 0.25) is 11.8 Å². The van der Waals surface area contributed by atoms with E-state index in [2.05, 4.69) is 0 Å². The smallest absolute Gasteiger partial charge is 0.223 e. The summed E-state index contributed by atoms with van der Waals surface area (Å²) in [5.74, 6) is 0.0938. The van der Waals surface area contributed by atoms with E-state index in [1.54, 1.807) is 6.92 Å². The van der Waals surface area contributed by atoms with Crippen molar-refractivity contribution < 1.29 is 9.59 Å². The molecule has 1 heterocycles. The van der Waals surface area contributed by atoms with Crippen molar-refractivity contribution >= 4 is 23.4 Å². The Bertz CT molecular complexity index is 794. The lowest BCUT2D eigenvalue weighted by Crippen LogP contribution is -2.37. The van der Waals surface area contributed by atoms with Gasteiger partial charge in [0.15, 0.2) is 0 Å². The number of nitrogens with zero attached hydrogens (tertiary/aromatic N) is 2. The lowest BCUT2D eigenvalue weighted by molar-refractivity contribution is -0.132. The molecule has 2 aromatic rings. The summed E-state index contributed by atoms with van der Waals surface area (Å²) >= 11 is 6.45. The minimum Gasteiger partial charge on any atom is -0.341 e. The number of amides is 2. The van der Waals surface area contributed by atoms with Gasteiger partial charge >= 0.3 is 0 Å². The van der Waals surface area contributed by atoms with Gasteiger partial charge in [0.05, 0.1) is 0 Å². The number of rotatable bonds is 4. The molecule has 1 fully saturated rings. The van der Waals surface area contributed by atoms with Gasteiger partial charge in [-0.05, 0) is 23.6 Å². The van der Waals surface area contributed by atoms with E-state index in [0.717, 1.165) is 17.5 Å². The fourth-order valence-electron chi connectivity index (χ4n) is 3.64. The Hall–Kier alpha value is -2.33. The molecule has 2 amide bonds. The topological polar surface area (TPSA) is 40.6 Å². The average molecular weight is 385 g/mol. The van der Waals surface area contributed by atoms with Gasteiger partial charge in [0.25, 0.3) is 0 Å². The molecule has 1 atom stereocenters. The molecule has 3 rings (SSSR count). The Balaban J connectivity index is 1.79. The minimum absolute atomic E-state index is 0.0718. The molecule has 1 aliphatic heterocycles. The summed E-state index contributed by atoms with van der Waals surface area (Å²) in [6, 6.07) is 17.8. The highest BCUT2D eigenvalue weighted by Crippen LogP contribution is 2.33. The second-order valence-corrected chi connectivity index (χ2v) is 7.34. The molecule has 0 bridgehead atoms. The van der Waals surface area contributed by atoms with Gasteiger partial charge in [0, 0.05) is 50.5 Å². The molecule has 0 radical (unpaired) electrons. The van der Waals surface area contributed by atoms with Crippen molar-refractivity contribution in [2.45, 2.75) is 25.7 Å². The van der Waals surface area contributed by atoms with Crippen molar-refractivity contribution in [3.8, 4) is 0 Å². The molecular weight excluding hydrogens is 360 g/mol. The second-order valence-electron chi connectivity index (χ2n) is 6.93. The first-order chi connectivity index (χ1) is 13.1. The summed E-state index contributed by atoms with van der Waals surface area (Å²) in [7, 11) is 0. The van der Waals surface area contributed by atoms with Crippen LogP contribution in [0.3, 0.4) is 0 Å². The molecule has 0 aliphatic carbocycles. The van der Waals surface area contributed by atoms with E-state index in [0.29, 0.717) is 37.6 Å². The highest BCUT2D eigenvalue weighted by atomic mass is 35.5. The van der Waals surface area contributed by atoms with E-state index in [4.69, 9.17) is 11.6 Å². The van der Waals surface area contributed by atoms with Crippen molar-refractivity contribution in [3.05, 3.63) is 70.7 Å². The molecule has 27 heavy (non-hydrogen) atoms. The Kier molecular flexibility index (Phi) is 6.51. The van der Waals surface area contributed by atoms with Gasteiger partial charge in [-0.2, -0.15) is 0 Å². The van der Waals surface area contributed by atoms with Crippen LogP contribution in [0.15, 0.2) is 54.6 Å². The van der Waals surface area contributed by atoms with E-state index < -0.39 is 0 Å². The number of carbonyl (C=O) groups excluding carboxylic acids is 2. The maximum atomic E-state index is 13.1. The molecule has 1 unspecified atom stereocenters.